The third kappa shape index (κ3) is 5.42. The Balaban J connectivity index is 1.92. The van der Waals surface area contributed by atoms with E-state index in [4.69, 9.17) is 4.42 Å². The van der Waals surface area contributed by atoms with Crippen LogP contribution in [-0.2, 0) is 12.0 Å². The van der Waals surface area contributed by atoms with Gasteiger partial charge in [0.25, 0.3) is 0 Å². The van der Waals surface area contributed by atoms with E-state index in [0.717, 1.165) is 25.3 Å². The van der Waals surface area contributed by atoms with E-state index in [2.05, 4.69) is 27.8 Å². The summed E-state index contributed by atoms with van der Waals surface area (Å²) in [4.78, 5) is 4.49. The predicted molar refractivity (Wildman–Crippen MR) is 97.1 cm³/mol. The van der Waals surface area contributed by atoms with Crippen LogP contribution in [0.25, 0.3) is 0 Å². The topological polar surface area (TPSA) is 69.8 Å². The van der Waals surface area contributed by atoms with Crippen LogP contribution in [0.5, 0.6) is 0 Å². The van der Waals surface area contributed by atoms with Gasteiger partial charge in [0.2, 0.25) is 0 Å². The Morgan fingerprint density at radius 2 is 1.92 bits per heavy atom. The first-order chi connectivity index (χ1) is 11.5. The summed E-state index contributed by atoms with van der Waals surface area (Å²) in [6.07, 6.45) is 0.916. The lowest BCUT2D eigenvalue weighted by atomic mass is 10.0. The van der Waals surface area contributed by atoms with Crippen LogP contribution in [-0.4, -0.2) is 30.7 Å². The summed E-state index contributed by atoms with van der Waals surface area (Å²) in [5, 5.41) is 17.1. The Labute approximate surface area is 143 Å². The van der Waals surface area contributed by atoms with Crippen molar-refractivity contribution in [2.24, 2.45) is 4.99 Å². The highest BCUT2D eigenvalue weighted by Crippen LogP contribution is 2.22. The van der Waals surface area contributed by atoms with E-state index in [0.29, 0.717) is 11.7 Å². The second-order valence-corrected chi connectivity index (χ2v) is 6.04. The van der Waals surface area contributed by atoms with E-state index in [1.54, 1.807) is 13.0 Å². The van der Waals surface area contributed by atoms with Crippen molar-refractivity contribution in [3.63, 3.8) is 0 Å². The van der Waals surface area contributed by atoms with Gasteiger partial charge in [-0.15, -0.1) is 0 Å². The Kier molecular flexibility index (Phi) is 6.44. The third-order valence-electron chi connectivity index (χ3n) is 3.71. The molecule has 0 fully saturated rings. The first kappa shape index (κ1) is 18.1. The Bertz CT molecular complexity index is 648. The molecule has 0 bridgehead atoms. The highest BCUT2D eigenvalue weighted by Gasteiger charge is 2.26. The fourth-order valence-corrected chi connectivity index (χ4v) is 2.35. The molecule has 1 aromatic heterocycles. The third-order valence-corrected chi connectivity index (χ3v) is 3.71. The van der Waals surface area contributed by atoms with Gasteiger partial charge in [0, 0.05) is 13.1 Å². The summed E-state index contributed by atoms with van der Waals surface area (Å²) in [7, 11) is 0. The average Bonchev–Trinajstić information content (AvgIpc) is 3.01. The molecule has 3 N–H and O–H groups in total. The van der Waals surface area contributed by atoms with Crippen molar-refractivity contribution in [2.45, 2.75) is 32.8 Å². The fourth-order valence-electron chi connectivity index (χ4n) is 2.35. The minimum absolute atomic E-state index is 0.223. The summed E-state index contributed by atoms with van der Waals surface area (Å²) in [5.74, 6) is 2.00. The summed E-state index contributed by atoms with van der Waals surface area (Å²) >= 11 is 0. The van der Waals surface area contributed by atoms with E-state index < -0.39 is 5.60 Å². The maximum absolute atomic E-state index is 10.6. The highest BCUT2D eigenvalue weighted by molar-refractivity contribution is 5.79. The molecule has 1 aromatic carbocycles. The molecule has 1 heterocycles. The molecular formula is C19H27N3O2. The minimum atomic E-state index is -1.13. The number of aryl methyl sites for hydroxylation is 1. The Morgan fingerprint density at radius 1 is 1.17 bits per heavy atom. The highest BCUT2D eigenvalue weighted by atomic mass is 16.4. The van der Waals surface area contributed by atoms with Crippen molar-refractivity contribution < 1.29 is 9.52 Å². The largest absolute Gasteiger partial charge is 0.463 e. The lowest BCUT2D eigenvalue weighted by molar-refractivity contribution is 0.0428. The fraction of sp³-hybridized carbons (Fsp3) is 0.421. The zero-order chi connectivity index (χ0) is 17.4. The molecule has 1 atom stereocenters. The lowest BCUT2D eigenvalue weighted by Crippen LogP contribution is -2.39. The van der Waals surface area contributed by atoms with Gasteiger partial charge in [-0.05, 0) is 44.9 Å². The van der Waals surface area contributed by atoms with Crippen LogP contribution in [0.3, 0.4) is 0 Å². The molecule has 0 radical (unpaired) electrons. The quantitative estimate of drug-likeness (QED) is 0.539. The van der Waals surface area contributed by atoms with Crippen LogP contribution in [0, 0.1) is 6.92 Å². The second-order valence-electron chi connectivity index (χ2n) is 6.04. The number of benzene rings is 1. The first-order valence-electron chi connectivity index (χ1n) is 8.36. The molecule has 0 aliphatic heterocycles. The van der Waals surface area contributed by atoms with Crippen molar-refractivity contribution in [3.05, 3.63) is 59.5 Å². The van der Waals surface area contributed by atoms with Crippen molar-refractivity contribution in [1.29, 1.82) is 0 Å². The van der Waals surface area contributed by atoms with Crippen molar-refractivity contribution in [3.8, 4) is 0 Å². The summed E-state index contributed by atoms with van der Waals surface area (Å²) in [6.45, 7) is 7.35. The van der Waals surface area contributed by atoms with E-state index in [1.807, 2.05) is 38.1 Å². The van der Waals surface area contributed by atoms with Crippen molar-refractivity contribution >= 4 is 5.96 Å². The van der Waals surface area contributed by atoms with Gasteiger partial charge in [-0.2, -0.15) is 0 Å². The molecular weight excluding hydrogens is 302 g/mol. The maximum atomic E-state index is 10.6. The van der Waals surface area contributed by atoms with Crippen molar-refractivity contribution in [2.75, 3.05) is 19.6 Å². The molecule has 2 rings (SSSR count). The molecule has 0 aliphatic carbocycles. The molecule has 24 heavy (non-hydrogen) atoms. The number of nitrogens with one attached hydrogen (secondary N) is 2. The van der Waals surface area contributed by atoms with E-state index in [-0.39, 0.29) is 6.54 Å². The first-order valence-corrected chi connectivity index (χ1v) is 8.36. The molecule has 0 saturated heterocycles. The molecule has 5 nitrogen and oxygen atoms in total. The molecule has 0 aliphatic rings. The van der Waals surface area contributed by atoms with Gasteiger partial charge in [-0.25, -0.2) is 4.99 Å². The van der Waals surface area contributed by atoms with Gasteiger partial charge in [-0.3, -0.25) is 0 Å². The van der Waals surface area contributed by atoms with E-state index in [9.17, 15) is 5.11 Å². The van der Waals surface area contributed by atoms with Gasteiger partial charge in [0.15, 0.2) is 5.96 Å². The zero-order valence-electron chi connectivity index (χ0n) is 14.7. The Hall–Kier alpha value is -2.27. The van der Waals surface area contributed by atoms with Crippen LogP contribution < -0.4 is 10.6 Å². The van der Waals surface area contributed by atoms with Gasteiger partial charge in [0.1, 0.15) is 17.1 Å². The molecule has 1 unspecified atom stereocenters. The van der Waals surface area contributed by atoms with Gasteiger partial charge >= 0.3 is 0 Å². The Morgan fingerprint density at radius 3 is 2.54 bits per heavy atom. The van der Waals surface area contributed by atoms with Crippen LogP contribution in [0.1, 0.15) is 30.9 Å². The van der Waals surface area contributed by atoms with Crippen LogP contribution >= 0.6 is 0 Å². The summed E-state index contributed by atoms with van der Waals surface area (Å²) < 4.78 is 5.52. The van der Waals surface area contributed by atoms with Crippen molar-refractivity contribution in [1.82, 2.24) is 10.6 Å². The summed E-state index contributed by atoms with van der Waals surface area (Å²) in [6, 6.07) is 13.9. The molecule has 2 aromatic rings. The van der Waals surface area contributed by atoms with E-state index in [1.165, 1.54) is 5.56 Å². The number of hydrogen-bond donors (Lipinski definition) is 3. The SMILES string of the molecule is CCNC(=NCC(C)(O)c1ccc(C)o1)NCCc1ccccc1. The predicted octanol–water partition coefficient (Wildman–Crippen LogP) is 2.59. The summed E-state index contributed by atoms with van der Waals surface area (Å²) in [5.41, 5.74) is 0.148. The molecule has 130 valence electrons. The van der Waals surface area contributed by atoms with E-state index >= 15 is 0 Å². The van der Waals surface area contributed by atoms with Gasteiger partial charge < -0.3 is 20.2 Å². The second kappa shape index (κ2) is 8.55. The molecule has 5 heteroatoms. The number of aliphatic hydroxyl groups is 1. The number of aliphatic imine (C=N–C) groups is 1. The van der Waals surface area contributed by atoms with Gasteiger partial charge in [0.05, 0.1) is 6.54 Å². The normalized spacial score (nSPS) is 14.2. The zero-order valence-corrected chi connectivity index (χ0v) is 14.7. The minimum Gasteiger partial charge on any atom is -0.463 e. The number of rotatable bonds is 7. The van der Waals surface area contributed by atoms with Crippen LogP contribution in [0.15, 0.2) is 51.9 Å². The van der Waals surface area contributed by atoms with Gasteiger partial charge in [-0.1, -0.05) is 30.3 Å². The van der Waals surface area contributed by atoms with Crippen LogP contribution in [0.4, 0.5) is 0 Å². The standard InChI is InChI=1S/C19H27N3O2/c1-4-20-18(21-13-12-16-8-6-5-7-9-16)22-14-19(3,23)17-11-10-15(2)24-17/h5-11,23H,4,12-14H2,1-3H3,(H2,20,21,22). The number of furan rings is 1. The smallest absolute Gasteiger partial charge is 0.191 e. The molecule has 0 spiro atoms. The lowest BCUT2D eigenvalue weighted by Gasteiger charge is -2.19. The number of guanidine groups is 1. The number of nitrogens with zero attached hydrogens (tertiary/aromatic N) is 1. The monoisotopic (exact) mass is 329 g/mol. The number of hydrogen-bond acceptors (Lipinski definition) is 3. The maximum Gasteiger partial charge on any atom is 0.191 e. The average molecular weight is 329 g/mol. The molecule has 0 amide bonds. The van der Waals surface area contributed by atoms with Crippen LogP contribution in [0.2, 0.25) is 0 Å². The molecule has 0 saturated carbocycles.